The first-order valence-electron chi connectivity index (χ1n) is 7.52. The number of aryl methyl sites for hydroxylation is 2. The molecule has 1 amide bonds. The van der Waals surface area contributed by atoms with Crippen molar-refractivity contribution in [2.45, 2.75) is 26.2 Å². The second-order valence-electron chi connectivity index (χ2n) is 5.41. The molecule has 0 radical (unpaired) electrons. The standard InChI is InChI=1S/C18H17FN2O2/c1-12-20-15-5-3-6-16(18(15)23-12)21-17(22)7-2-4-13-8-10-14(19)11-9-13/h3,5-6,8-11H,2,4,7H2,1H3,(H,21,22). The third kappa shape index (κ3) is 3.74. The number of amides is 1. The molecule has 4 nitrogen and oxygen atoms in total. The Kier molecular flexibility index (Phi) is 4.37. The van der Waals surface area contributed by atoms with Gasteiger partial charge in [-0.25, -0.2) is 9.37 Å². The van der Waals surface area contributed by atoms with Crippen LogP contribution in [0.1, 0.15) is 24.3 Å². The lowest BCUT2D eigenvalue weighted by Crippen LogP contribution is -2.11. The number of para-hydroxylation sites is 1. The molecule has 0 saturated carbocycles. The van der Waals surface area contributed by atoms with Crippen LogP contribution in [0.3, 0.4) is 0 Å². The minimum Gasteiger partial charge on any atom is -0.439 e. The maximum absolute atomic E-state index is 12.8. The summed E-state index contributed by atoms with van der Waals surface area (Å²) in [5.74, 6) is 0.244. The van der Waals surface area contributed by atoms with Crippen molar-refractivity contribution in [3.05, 3.63) is 59.7 Å². The zero-order valence-corrected chi connectivity index (χ0v) is 12.8. The molecule has 1 N–H and O–H groups in total. The topological polar surface area (TPSA) is 55.1 Å². The maximum Gasteiger partial charge on any atom is 0.224 e. The zero-order valence-electron chi connectivity index (χ0n) is 12.8. The zero-order chi connectivity index (χ0) is 16.2. The molecule has 0 aliphatic rings. The number of hydrogen-bond donors (Lipinski definition) is 1. The summed E-state index contributed by atoms with van der Waals surface area (Å²) in [4.78, 5) is 16.3. The molecule has 0 atom stereocenters. The van der Waals surface area contributed by atoms with Gasteiger partial charge in [0.25, 0.3) is 0 Å². The van der Waals surface area contributed by atoms with Gasteiger partial charge in [0.15, 0.2) is 11.5 Å². The fourth-order valence-electron chi connectivity index (χ4n) is 2.48. The SMILES string of the molecule is Cc1nc2cccc(NC(=O)CCCc3ccc(F)cc3)c2o1. The third-order valence-corrected chi connectivity index (χ3v) is 3.58. The highest BCUT2D eigenvalue weighted by Gasteiger charge is 2.10. The number of nitrogens with one attached hydrogen (secondary N) is 1. The molecule has 2 aromatic carbocycles. The summed E-state index contributed by atoms with van der Waals surface area (Å²) in [6.45, 7) is 1.77. The highest BCUT2D eigenvalue weighted by Crippen LogP contribution is 2.24. The molecule has 3 aromatic rings. The van der Waals surface area contributed by atoms with Gasteiger partial charge in [-0.05, 0) is 42.7 Å². The number of nitrogens with zero attached hydrogens (tertiary/aromatic N) is 1. The van der Waals surface area contributed by atoms with Gasteiger partial charge < -0.3 is 9.73 Å². The predicted molar refractivity (Wildman–Crippen MR) is 86.7 cm³/mol. The van der Waals surface area contributed by atoms with Gasteiger partial charge in [0.1, 0.15) is 11.3 Å². The molecule has 5 heteroatoms. The Morgan fingerprint density at radius 3 is 2.78 bits per heavy atom. The Morgan fingerprint density at radius 1 is 1.22 bits per heavy atom. The summed E-state index contributed by atoms with van der Waals surface area (Å²) in [6, 6.07) is 11.8. The van der Waals surface area contributed by atoms with Gasteiger partial charge in [-0.2, -0.15) is 0 Å². The second kappa shape index (κ2) is 6.60. The van der Waals surface area contributed by atoms with Crippen LogP contribution in [0.25, 0.3) is 11.1 Å². The average molecular weight is 312 g/mol. The van der Waals surface area contributed by atoms with Crippen LogP contribution >= 0.6 is 0 Å². The molecule has 0 saturated heterocycles. The first kappa shape index (κ1) is 15.2. The molecule has 0 aliphatic carbocycles. The smallest absolute Gasteiger partial charge is 0.224 e. The van der Waals surface area contributed by atoms with Crippen LogP contribution in [-0.2, 0) is 11.2 Å². The van der Waals surface area contributed by atoms with E-state index in [9.17, 15) is 9.18 Å². The first-order valence-corrected chi connectivity index (χ1v) is 7.52. The van der Waals surface area contributed by atoms with Gasteiger partial charge in [0.05, 0.1) is 5.69 Å². The number of carbonyl (C=O) groups excluding carboxylic acids is 1. The van der Waals surface area contributed by atoms with E-state index in [4.69, 9.17) is 4.42 Å². The molecule has 3 rings (SSSR count). The van der Waals surface area contributed by atoms with Crippen LogP contribution in [0.2, 0.25) is 0 Å². The number of anilines is 1. The Hall–Kier alpha value is -2.69. The van der Waals surface area contributed by atoms with E-state index in [-0.39, 0.29) is 11.7 Å². The van der Waals surface area contributed by atoms with Crippen molar-refractivity contribution in [1.82, 2.24) is 4.98 Å². The van der Waals surface area contributed by atoms with Crippen molar-refractivity contribution in [2.24, 2.45) is 0 Å². The Labute approximate surface area is 133 Å². The molecule has 1 heterocycles. The van der Waals surface area contributed by atoms with Gasteiger partial charge >= 0.3 is 0 Å². The lowest BCUT2D eigenvalue weighted by molar-refractivity contribution is -0.116. The van der Waals surface area contributed by atoms with Crippen molar-refractivity contribution in [1.29, 1.82) is 0 Å². The van der Waals surface area contributed by atoms with E-state index in [1.807, 2.05) is 12.1 Å². The van der Waals surface area contributed by atoms with E-state index in [2.05, 4.69) is 10.3 Å². The number of fused-ring (bicyclic) bond motifs is 1. The van der Waals surface area contributed by atoms with Crippen LogP contribution < -0.4 is 5.32 Å². The van der Waals surface area contributed by atoms with Crippen LogP contribution in [0.4, 0.5) is 10.1 Å². The van der Waals surface area contributed by atoms with Crippen molar-refractivity contribution < 1.29 is 13.6 Å². The van der Waals surface area contributed by atoms with Crippen LogP contribution in [0.5, 0.6) is 0 Å². The average Bonchev–Trinajstić information content (AvgIpc) is 2.91. The lowest BCUT2D eigenvalue weighted by atomic mass is 10.1. The van der Waals surface area contributed by atoms with E-state index in [1.165, 1.54) is 12.1 Å². The van der Waals surface area contributed by atoms with E-state index >= 15 is 0 Å². The number of aromatic nitrogens is 1. The van der Waals surface area contributed by atoms with Gasteiger partial charge in [-0.1, -0.05) is 18.2 Å². The molecule has 0 aliphatic heterocycles. The lowest BCUT2D eigenvalue weighted by Gasteiger charge is -2.05. The highest BCUT2D eigenvalue weighted by atomic mass is 19.1. The van der Waals surface area contributed by atoms with Crippen LogP contribution in [-0.4, -0.2) is 10.9 Å². The number of halogens is 1. The van der Waals surface area contributed by atoms with Crippen molar-refractivity contribution >= 4 is 22.7 Å². The van der Waals surface area contributed by atoms with E-state index in [0.717, 1.165) is 17.5 Å². The fraction of sp³-hybridized carbons (Fsp3) is 0.222. The fourth-order valence-corrected chi connectivity index (χ4v) is 2.48. The molecule has 0 bridgehead atoms. The number of rotatable bonds is 5. The van der Waals surface area contributed by atoms with E-state index in [1.54, 1.807) is 25.1 Å². The van der Waals surface area contributed by atoms with Gasteiger partial charge in [0, 0.05) is 13.3 Å². The molecule has 1 aromatic heterocycles. The number of benzene rings is 2. The number of hydrogen-bond acceptors (Lipinski definition) is 3. The summed E-state index contributed by atoms with van der Waals surface area (Å²) in [7, 11) is 0. The molecular formula is C18H17FN2O2. The summed E-state index contributed by atoms with van der Waals surface area (Å²) in [5.41, 5.74) is 2.98. The van der Waals surface area contributed by atoms with Gasteiger partial charge in [-0.3, -0.25) is 4.79 Å². The quantitative estimate of drug-likeness (QED) is 0.766. The van der Waals surface area contributed by atoms with Crippen molar-refractivity contribution in [3.8, 4) is 0 Å². The Bertz CT molecular complexity index is 825. The third-order valence-electron chi connectivity index (χ3n) is 3.58. The minimum absolute atomic E-state index is 0.0753. The summed E-state index contributed by atoms with van der Waals surface area (Å²) < 4.78 is 18.4. The van der Waals surface area contributed by atoms with Crippen LogP contribution in [0.15, 0.2) is 46.9 Å². The molecule has 0 spiro atoms. The molecule has 0 unspecified atom stereocenters. The molecule has 23 heavy (non-hydrogen) atoms. The van der Waals surface area contributed by atoms with Crippen LogP contribution in [0, 0.1) is 12.7 Å². The first-order chi connectivity index (χ1) is 11.1. The van der Waals surface area contributed by atoms with Gasteiger partial charge in [0.2, 0.25) is 5.91 Å². The minimum atomic E-state index is -0.248. The largest absolute Gasteiger partial charge is 0.439 e. The van der Waals surface area contributed by atoms with E-state index in [0.29, 0.717) is 30.0 Å². The number of carbonyl (C=O) groups is 1. The highest BCUT2D eigenvalue weighted by molar-refractivity contribution is 5.98. The Morgan fingerprint density at radius 2 is 2.00 bits per heavy atom. The summed E-state index contributed by atoms with van der Waals surface area (Å²) in [5, 5.41) is 2.86. The summed E-state index contributed by atoms with van der Waals surface area (Å²) in [6.07, 6.45) is 1.82. The molecule has 118 valence electrons. The van der Waals surface area contributed by atoms with Gasteiger partial charge in [-0.15, -0.1) is 0 Å². The van der Waals surface area contributed by atoms with E-state index < -0.39 is 0 Å². The Balaban J connectivity index is 1.57. The number of oxazole rings is 1. The van der Waals surface area contributed by atoms with Crippen molar-refractivity contribution in [3.63, 3.8) is 0 Å². The monoisotopic (exact) mass is 312 g/mol. The summed E-state index contributed by atoms with van der Waals surface area (Å²) >= 11 is 0. The molecule has 0 fully saturated rings. The second-order valence-corrected chi connectivity index (χ2v) is 5.41. The van der Waals surface area contributed by atoms with Crippen molar-refractivity contribution in [2.75, 3.05) is 5.32 Å². The predicted octanol–water partition coefficient (Wildman–Crippen LogP) is 4.24. The molecular weight excluding hydrogens is 295 g/mol. The maximum atomic E-state index is 12.8. The normalized spacial score (nSPS) is 10.9.